The highest BCUT2D eigenvalue weighted by Gasteiger charge is 2.28. The van der Waals surface area contributed by atoms with Gasteiger partial charge in [0.2, 0.25) is 0 Å². The second-order valence-corrected chi connectivity index (χ2v) is 9.19. The number of hydrogen-bond acceptors (Lipinski definition) is 6. The predicted octanol–water partition coefficient (Wildman–Crippen LogP) is 3.12. The van der Waals surface area contributed by atoms with Crippen LogP contribution in [0.15, 0.2) is 36.8 Å². The summed E-state index contributed by atoms with van der Waals surface area (Å²) in [5.41, 5.74) is 3.20. The van der Waals surface area contributed by atoms with Gasteiger partial charge in [-0.05, 0) is 57.0 Å². The summed E-state index contributed by atoms with van der Waals surface area (Å²) in [6.45, 7) is 2.99. The number of amides is 1. The number of likely N-dealkylation sites (tertiary alicyclic amines) is 1. The summed E-state index contributed by atoms with van der Waals surface area (Å²) in [7, 11) is 1.91. The summed E-state index contributed by atoms with van der Waals surface area (Å²) >= 11 is 0. The fraction of sp³-hybridized carbons (Fsp3) is 0.417. The third kappa shape index (κ3) is 4.77. The van der Waals surface area contributed by atoms with Gasteiger partial charge >= 0.3 is 0 Å². The third-order valence-corrected chi connectivity index (χ3v) is 6.32. The highest BCUT2D eigenvalue weighted by molar-refractivity contribution is 5.95. The van der Waals surface area contributed by atoms with Crippen molar-refractivity contribution in [2.45, 2.75) is 44.4 Å². The van der Waals surface area contributed by atoms with Gasteiger partial charge in [0.05, 0.1) is 41.1 Å². The predicted molar refractivity (Wildman–Crippen MR) is 124 cm³/mol. The lowest BCUT2D eigenvalue weighted by Crippen LogP contribution is -2.46. The van der Waals surface area contributed by atoms with E-state index < -0.39 is 17.9 Å². The summed E-state index contributed by atoms with van der Waals surface area (Å²) < 4.78 is 30.5. The van der Waals surface area contributed by atoms with Crippen LogP contribution in [0.25, 0.3) is 16.9 Å². The molecule has 3 aromatic rings. The molecule has 1 aliphatic carbocycles. The molecule has 0 unspecified atom stereocenters. The first kappa shape index (κ1) is 22.4. The maximum atomic E-state index is 14.5. The summed E-state index contributed by atoms with van der Waals surface area (Å²) in [6.07, 6.45) is 6.55. The Balaban J connectivity index is 1.37. The van der Waals surface area contributed by atoms with Gasteiger partial charge in [0, 0.05) is 30.9 Å². The fourth-order valence-corrected chi connectivity index (χ4v) is 4.18. The first-order valence-electron chi connectivity index (χ1n) is 11.5. The molecular formula is C24H27F2N7O. The number of piperidine rings is 1. The van der Waals surface area contributed by atoms with Crippen LogP contribution >= 0.6 is 0 Å². The summed E-state index contributed by atoms with van der Waals surface area (Å²) in [6, 6.07) is 4.53. The number of aryl methyl sites for hydroxylation is 1. The van der Waals surface area contributed by atoms with Crippen molar-refractivity contribution in [1.82, 2.24) is 30.2 Å². The van der Waals surface area contributed by atoms with E-state index in [-0.39, 0.29) is 17.6 Å². The minimum atomic E-state index is -0.967. The highest BCUT2D eigenvalue weighted by Crippen LogP contribution is 2.26. The van der Waals surface area contributed by atoms with Crippen LogP contribution in [-0.2, 0) is 0 Å². The molecule has 10 heteroatoms. The number of carbonyl (C=O) groups is 1. The van der Waals surface area contributed by atoms with Crippen LogP contribution in [0.4, 0.5) is 14.5 Å². The minimum absolute atomic E-state index is 0.00515. The molecule has 1 saturated heterocycles. The molecule has 2 aromatic heterocycles. The largest absolute Gasteiger partial charge is 0.378 e. The number of alkyl halides is 1. The van der Waals surface area contributed by atoms with Crippen molar-refractivity contribution < 1.29 is 13.6 Å². The third-order valence-electron chi connectivity index (χ3n) is 6.32. The zero-order chi connectivity index (χ0) is 23.8. The molecule has 8 nitrogen and oxygen atoms in total. The van der Waals surface area contributed by atoms with E-state index in [0.717, 1.165) is 19.4 Å². The molecule has 0 radical (unpaired) electrons. The normalized spacial score (nSPS) is 20.8. The van der Waals surface area contributed by atoms with Crippen molar-refractivity contribution >= 4 is 11.6 Å². The molecule has 0 spiro atoms. The maximum absolute atomic E-state index is 14.5. The van der Waals surface area contributed by atoms with Gasteiger partial charge in [0.15, 0.2) is 0 Å². The molecule has 3 heterocycles. The molecule has 2 atom stereocenters. The summed E-state index contributed by atoms with van der Waals surface area (Å²) in [4.78, 5) is 14.4. The number of hydrogen-bond donors (Lipinski definition) is 2. The molecule has 2 N–H and O–H groups in total. The number of nitrogens with one attached hydrogen (secondary N) is 2. The quantitative estimate of drug-likeness (QED) is 0.579. The molecule has 5 rings (SSSR count). The van der Waals surface area contributed by atoms with Crippen molar-refractivity contribution in [1.29, 1.82) is 0 Å². The van der Waals surface area contributed by atoms with Crippen molar-refractivity contribution in [3.8, 4) is 16.9 Å². The zero-order valence-electron chi connectivity index (χ0n) is 19.1. The summed E-state index contributed by atoms with van der Waals surface area (Å²) in [5.74, 6) is -0.977. The standard InChI is InChI=1S/C24H27F2N7O/c1-14-7-19(25)18(24(34)30-16-3-4-16)9-23(14)33-12-15(10-28-33)22-8-17(11-27-31-22)29-21-5-6-32(2)13-20(21)26/h7-12,16,20-21H,3-6,13H2,1-2H3,(H,29,31)(H,30,34)/t20-,21+/m1/s1. The van der Waals surface area contributed by atoms with Crippen LogP contribution in [-0.4, -0.2) is 69.2 Å². The van der Waals surface area contributed by atoms with Crippen molar-refractivity contribution in [2.24, 2.45) is 0 Å². The van der Waals surface area contributed by atoms with E-state index in [4.69, 9.17) is 0 Å². The molecule has 0 bridgehead atoms. The van der Waals surface area contributed by atoms with Crippen LogP contribution in [0.1, 0.15) is 35.2 Å². The number of rotatable bonds is 6. The van der Waals surface area contributed by atoms with Gasteiger partial charge in [0.25, 0.3) is 5.91 Å². The Bertz CT molecular complexity index is 1210. The highest BCUT2D eigenvalue weighted by atomic mass is 19.1. The Labute approximate surface area is 196 Å². The average Bonchev–Trinajstić information content (AvgIpc) is 3.48. The Morgan fingerprint density at radius 3 is 2.76 bits per heavy atom. The first-order chi connectivity index (χ1) is 16.4. The van der Waals surface area contributed by atoms with Crippen LogP contribution in [0.5, 0.6) is 0 Å². The minimum Gasteiger partial charge on any atom is -0.378 e. The van der Waals surface area contributed by atoms with E-state index >= 15 is 0 Å². The Hall–Kier alpha value is -3.40. The second kappa shape index (κ2) is 9.09. The van der Waals surface area contributed by atoms with Crippen molar-refractivity contribution in [3.63, 3.8) is 0 Å². The zero-order valence-corrected chi connectivity index (χ0v) is 19.1. The van der Waals surface area contributed by atoms with Gasteiger partial charge in [-0.3, -0.25) is 4.79 Å². The summed E-state index contributed by atoms with van der Waals surface area (Å²) in [5, 5.41) is 18.7. The monoisotopic (exact) mass is 467 g/mol. The van der Waals surface area contributed by atoms with Gasteiger partial charge in [-0.1, -0.05) is 0 Å². The van der Waals surface area contributed by atoms with Gasteiger partial charge < -0.3 is 15.5 Å². The van der Waals surface area contributed by atoms with Crippen LogP contribution in [0.2, 0.25) is 0 Å². The van der Waals surface area contributed by atoms with Crippen molar-refractivity contribution in [3.05, 3.63) is 53.7 Å². The molecular weight excluding hydrogens is 440 g/mol. The number of halogens is 2. The van der Waals surface area contributed by atoms with E-state index in [1.54, 1.807) is 30.2 Å². The molecule has 1 amide bonds. The van der Waals surface area contributed by atoms with Crippen LogP contribution < -0.4 is 10.6 Å². The Morgan fingerprint density at radius 2 is 2.00 bits per heavy atom. The molecule has 2 aliphatic rings. The van der Waals surface area contributed by atoms with Gasteiger partial charge in [-0.25, -0.2) is 13.5 Å². The maximum Gasteiger partial charge on any atom is 0.254 e. The smallest absolute Gasteiger partial charge is 0.254 e. The van der Waals surface area contributed by atoms with Gasteiger partial charge in [0.1, 0.15) is 12.0 Å². The van der Waals surface area contributed by atoms with Crippen LogP contribution in [0, 0.1) is 12.7 Å². The Kier molecular flexibility index (Phi) is 5.99. The topological polar surface area (TPSA) is 88.0 Å². The molecule has 2 fully saturated rings. The van der Waals surface area contributed by atoms with E-state index in [2.05, 4.69) is 25.9 Å². The number of benzene rings is 1. The lowest BCUT2D eigenvalue weighted by atomic mass is 10.0. The van der Waals surface area contributed by atoms with Crippen LogP contribution in [0.3, 0.4) is 0 Å². The average molecular weight is 468 g/mol. The lowest BCUT2D eigenvalue weighted by Gasteiger charge is -2.33. The molecule has 1 saturated carbocycles. The second-order valence-electron chi connectivity index (χ2n) is 9.19. The lowest BCUT2D eigenvalue weighted by molar-refractivity contribution is 0.0947. The first-order valence-corrected chi connectivity index (χ1v) is 11.5. The van der Waals surface area contributed by atoms with Gasteiger partial charge in [-0.2, -0.15) is 15.3 Å². The van der Waals surface area contributed by atoms with E-state index in [0.29, 0.717) is 41.2 Å². The Morgan fingerprint density at radius 1 is 1.18 bits per heavy atom. The SMILES string of the molecule is Cc1cc(F)c(C(=O)NC2CC2)cc1-n1cc(-c2cc(N[C@H]3CCN(C)C[C@H]3F)cnn2)cn1. The number of aromatic nitrogens is 4. The number of carbonyl (C=O) groups excluding carboxylic acids is 1. The van der Waals surface area contributed by atoms with Crippen molar-refractivity contribution in [2.75, 3.05) is 25.5 Å². The fourth-order valence-electron chi connectivity index (χ4n) is 4.18. The molecule has 1 aromatic carbocycles. The molecule has 34 heavy (non-hydrogen) atoms. The van der Waals surface area contributed by atoms with E-state index in [9.17, 15) is 13.6 Å². The van der Waals surface area contributed by atoms with E-state index in [1.807, 2.05) is 18.0 Å². The van der Waals surface area contributed by atoms with Gasteiger partial charge in [-0.15, -0.1) is 0 Å². The molecule has 1 aliphatic heterocycles. The molecule has 178 valence electrons. The van der Waals surface area contributed by atoms with E-state index in [1.165, 1.54) is 12.1 Å². The number of anilines is 1. The number of nitrogens with zero attached hydrogens (tertiary/aromatic N) is 5.